The lowest BCUT2D eigenvalue weighted by molar-refractivity contribution is -0.203. The van der Waals surface area contributed by atoms with Crippen LogP contribution >= 0.6 is 0 Å². The summed E-state index contributed by atoms with van der Waals surface area (Å²) < 4.78 is 45.7. The van der Waals surface area contributed by atoms with E-state index in [4.69, 9.17) is 38.9 Å². The summed E-state index contributed by atoms with van der Waals surface area (Å²) in [6, 6.07) is 1.26. The van der Waals surface area contributed by atoms with Crippen molar-refractivity contribution in [2.45, 2.75) is 95.0 Å². The number of aliphatic hydroxyl groups is 1. The number of ether oxygens (including phenoxy) is 7. The van der Waals surface area contributed by atoms with E-state index in [1.54, 1.807) is 24.7 Å². The van der Waals surface area contributed by atoms with Crippen molar-refractivity contribution in [3.8, 4) is 0 Å². The number of nitrogens with two attached hydrogens (primary N) is 1. The zero-order valence-corrected chi connectivity index (χ0v) is 23.9. The van der Waals surface area contributed by atoms with Gasteiger partial charge in [-0.1, -0.05) is 0 Å². The molecule has 0 amide bonds. The van der Waals surface area contributed by atoms with Crippen molar-refractivity contribution in [1.82, 2.24) is 29.1 Å². The van der Waals surface area contributed by atoms with E-state index in [2.05, 4.69) is 19.9 Å². The van der Waals surface area contributed by atoms with E-state index in [1.807, 2.05) is 13.8 Å². The smallest absolute Gasteiger partial charge is 0.330 e. The number of H-pyrrole nitrogens is 1. The summed E-state index contributed by atoms with van der Waals surface area (Å²) >= 11 is 0. The molecule has 0 radical (unpaired) electrons. The number of hydrogen-bond donors (Lipinski definition) is 3. The first-order chi connectivity index (χ1) is 20.4. The average molecular weight is 604 g/mol. The molecule has 17 nitrogen and oxygen atoms in total. The molecule has 4 N–H and O–H groups in total. The number of nitrogens with zero attached hydrogens (tertiary/aromatic N) is 5. The highest BCUT2D eigenvalue weighted by Gasteiger charge is 2.57. The maximum Gasteiger partial charge on any atom is 0.330 e. The van der Waals surface area contributed by atoms with Crippen LogP contribution in [0, 0.1) is 0 Å². The molecule has 8 atom stereocenters. The average Bonchev–Trinajstić information content (AvgIpc) is 3.71. The minimum atomic E-state index is -0.973. The first-order valence-electron chi connectivity index (χ1n) is 13.9. The zero-order valence-electron chi connectivity index (χ0n) is 23.9. The fourth-order valence-electron chi connectivity index (χ4n) is 6.31. The molecule has 43 heavy (non-hydrogen) atoms. The molecule has 0 unspecified atom stereocenters. The molecule has 3 aromatic heterocycles. The first kappa shape index (κ1) is 28.5. The summed E-state index contributed by atoms with van der Waals surface area (Å²) in [7, 11) is 0. The monoisotopic (exact) mass is 603 g/mol. The highest BCUT2D eigenvalue weighted by Crippen LogP contribution is 2.45. The second kappa shape index (κ2) is 10.1. The van der Waals surface area contributed by atoms with Gasteiger partial charge in [-0.3, -0.25) is 18.9 Å². The Kier molecular flexibility index (Phi) is 6.71. The molecular weight excluding hydrogens is 570 g/mol. The molecule has 0 aromatic carbocycles. The summed E-state index contributed by atoms with van der Waals surface area (Å²) in [6.45, 7) is 6.65. The molecule has 4 fully saturated rings. The van der Waals surface area contributed by atoms with E-state index in [9.17, 15) is 14.7 Å². The van der Waals surface area contributed by atoms with Gasteiger partial charge in [-0.25, -0.2) is 19.7 Å². The van der Waals surface area contributed by atoms with Crippen molar-refractivity contribution in [3.05, 3.63) is 45.3 Å². The molecule has 0 spiro atoms. The summed E-state index contributed by atoms with van der Waals surface area (Å²) in [5.41, 5.74) is 5.83. The fraction of sp³-hybridized carbons (Fsp3) is 0.654. The Morgan fingerprint density at radius 2 is 1.60 bits per heavy atom. The van der Waals surface area contributed by atoms with Gasteiger partial charge in [0, 0.05) is 6.07 Å². The number of anilines is 1. The maximum absolute atomic E-state index is 13.1. The van der Waals surface area contributed by atoms with Gasteiger partial charge in [0.2, 0.25) is 0 Å². The second-order valence-electron chi connectivity index (χ2n) is 11.8. The third kappa shape index (κ3) is 4.85. The Balaban J connectivity index is 1.12. The topological polar surface area (TPSA) is 209 Å². The molecule has 0 bridgehead atoms. The quantitative estimate of drug-likeness (QED) is 0.305. The molecule has 3 aromatic rings. The minimum absolute atomic E-state index is 0.0331. The highest BCUT2D eigenvalue weighted by atomic mass is 16.8. The Morgan fingerprint density at radius 3 is 2.33 bits per heavy atom. The van der Waals surface area contributed by atoms with E-state index in [0.717, 1.165) is 0 Å². The van der Waals surface area contributed by atoms with E-state index >= 15 is 0 Å². The predicted molar refractivity (Wildman–Crippen MR) is 143 cm³/mol. The number of imidazole rings is 1. The molecule has 7 rings (SSSR count). The van der Waals surface area contributed by atoms with Crippen molar-refractivity contribution in [2.24, 2.45) is 0 Å². The standard InChI is InChI=1S/C26H33N7O10/c1-25(2)40-16-12(6-34)38-23(19(16)43-25)33-11(5-14(35)31-24(33)36)7-37-8-13-17-18(42-26(3,4)41-17)22(39-13)32-10-30-15-20(27)28-9-29-21(15)32/h5,9-10,12-13,16-19,22-23,34H,6-8H2,1-4H3,(H2,27,28,29)(H,31,35,36)/t12-,13-,16-,17-,18-,19-,22-,23-/m1/s1. The van der Waals surface area contributed by atoms with Crippen LogP contribution in [0.25, 0.3) is 11.2 Å². The summed E-state index contributed by atoms with van der Waals surface area (Å²) in [4.78, 5) is 40.3. The van der Waals surface area contributed by atoms with Crippen LogP contribution < -0.4 is 17.0 Å². The van der Waals surface area contributed by atoms with Gasteiger partial charge in [-0.15, -0.1) is 0 Å². The Morgan fingerprint density at radius 1 is 0.953 bits per heavy atom. The van der Waals surface area contributed by atoms with Crippen LogP contribution in [0.15, 0.2) is 28.3 Å². The molecule has 7 heterocycles. The Bertz CT molecular complexity index is 1650. The van der Waals surface area contributed by atoms with Crippen molar-refractivity contribution in [3.63, 3.8) is 0 Å². The van der Waals surface area contributed by atoms with E-state index in [0.29, 0.717) is 11.2 Å². The largest absolute Gasteiger partial charge is 0.394 e. The predicted octanol–water partition coefficient (Wildman–Crippen LogP) is -0.697. The number of fused-ring (bicyclic) bond motifs is 3. The van der Waals surface area contributed by atoms with Gasteiger partial charge in [0.1, 0.15) is 48.5 Å². The van der Waals surface area contributed by atoms with Crippen LogP contribution in [0.2, 0.25) is 0 Å². The summed E-state index contributed by atoms with van der Waals surface area (Å²) in [5, 5.41) is 9.88. The van der Waals surface area contributed by atoms with Gasteiger partial charge in [0.25, 0.3) is 5.56 Å². The molecule has 0 saturated carbocycles. The SMILES string of the molecule is CC1(C)O[C@@H]2[C@H](O1)[C@@H](CO)O[C@H]2n1c(COC[C@H]2O[C@@H](n3cnc4c(N)ncnc43)[C@@H]3OC(C)(C)O[C@@H]32)cc(=O)[nH]c1=O. The van der Waals surface area contributed by atoms with Gasteiger partial charge in [0.15, 0.2) is 35.5 Å². The molecule has 4 aliphatic rings. The second-order valence-corrected chi connectivity index (χ2v) is 11.8. The minimum Gasteiger partial charge on any atom is -0.394 e. The van der Waals surface area contributed by atoms with E-state index < -0.39 is 71.9 Å². The highest BCUT2D eigenvalue weighted by molar-refractivity contribution is 5.81. The van der Waals surface area contributed by atoms with E-state index in [1.165, 1.54) is 17.0 Å². The van der Waals surface area contributed by atoms with Crippen molar-refractivity contribution < 1.29 is 38.3 Å². The zero-order chi connectivity index (χ0) is 30.3. The van der Waals surface area contributed by atoms with Crippen LogP contribution in [-0.4, -0.2) is 95.6 Å². The normalized spacial score (nSPS) is 34.2. The van der Waals surface area contributed by atoms with Crippen LogP contribution in [0.5, 0.6) is 0 Å². The number of hydrogen-bond acceptors (Lipinski definition) is 14. The Hall–Kier alpha value is -3.29. The number of nitrogens with one attached hydrogen (secondary N) is 1. The van der Waals surface area contributed by atoms with Gasteiger partial charge >= 0.3 is 5.69 Å². The number of aliphatic hydroxyl groups excluding tert-OH is 1. The number of aromatic nitrogens is 6. The van der Waals surface area contributed by atoms with Crippen LogP contribution in [0.1, 0.15) is 45.8 Å². The van der Waals surface area contributed by atoms with Crippen LogP contribution in [0.4, 0.5) is 5.82 Å². The van der Waals surface area contributed by atoms with Crippen molar-refractivity contribution >= 4 is 17.0 Å². The lowest BCUT2D eigenvalue weighted by Gasteiger charge is -2.26. The Labute approximate surface area is 243 Å². The third-order valence-corrected chi connectivity index (χ3v) is 7.93. The summed E-state index contributed by atoms with van der Waals surface area (Å²) in [6.07, 6.45) is -2.37. The lowest BCUT2D eigenvalue weighted by Crippen LogP contribution is -2.40. The van der Waals surface area contributed by atoms with Crippen molar-refractivity contribution in [2.75, 3.05) is 18.9 Å². The van der Waals surface area contributed by atoms with E-state index in [-0.39, 0.29) is 31.3 Å². The van der Waals surface area contributed by atoms with Crippen molar-refractivity contribution in [1.29, 1.82) is 0 Å². The molecule has 17 heteroatoms. The van der Waals surface area contributed by atoms with Gasteiger partial charge < -0.3 is 44.0 Å². The molecule has 4 aliphatic heterocycles. The number of rotatable bonds is 7. The number of nitrogen functional groups attached to an aromatic ring is 1. The molecule has 0 aliphatic carbocycles. The molecule has 232 valence electrons. The molecule has 4 saturated heterocycles. The summed E-state index contributed by atoms with van der Waals surface area (Å²) in [5.74, 6) is -1.59. The van der Waals surface area contributed by atoms with Gasteiger partial charge in [-0.2, -0.15) is 0 Å². The number of aromatic amines is 1. The van der Waals surface area contributed by atoms with Gasteiger partial charge in [-0.05, 0) is 27.7 Å². The third-order valence-electron chi connectivity index (χ3n) is 7.93. The first-order valence-corrected chi connectivity index (χ1v) is 13.9. The molecular formula is C26H33N7O10. The van der Waals surface area contributed by atoms with Crippen LogP contribution in [-0.2, 0) is 39.8 Å². The van der Waals surface area contributed by atoms with Gasteiger partial charge in [0.05, 0.1) is 31.8 Å². The maximum atomic E-state index is 13.1. The fourth-order valence-corrected chi connectivity index (χ4v) is 6.31. The van der Waals surface area contributed by atoms with Crippen LogP contribution in [0.3, 0.4) is 0 Å². The lowest BCUT2D eigenvalue weighted by atomic mass is 10.1.